The molecule has 208 valence electrons. The normalized spacial score (nSPS) is 22.5. The summed E-state index contributed by atoms with van der Waals surface area (Å²) >= 11 is 6.39. The van der Waals surface area contributed by atoms with Crippen molar-refractivity contribution < 1.29 is 37.4 Å². The number of halogens is 4. The molecule has 0 aromatic heterocycles. The van der Waals surface area contributed by atoms with Gasteiger partial charge in [0, 0.05) is 35.0 Å². The zero-order chi connectivity index (χ0) is 27.9. The Morgan fingerprint density at radius 1 is 1.00 bits per heavy atom. The molecule has 11 heteroatoms. The average molecular weight is 565 g/mol. The molecule has 5 rings (SSSR count). The van der Waals surface area contributed by atoms with Gasteiger partial charge in [0.05, 0.1) is 18.2 Å². The third-order valence-electron chi connectivity index (χ3n) is 8.00. The van der Waals surface area contributed by atoms with Crippen LogP contribution in [0, 0.1) is 5.92 Å². The van der Waals surface area contributed by atoms with Crippen molar-refractivity contribution in [1.29, 1.82) is 0 Å². The quantitative estimate of drug-likeness (QED) is 0.423. The number of carbonyl (C=O) groups excluding carboxylic acids is 2. The Balaban J connectivity index is 1.53. The van der Waals surface area contributed by atoms with Gasteiger partial charge < -0.3 is 19.6 Å². The summed E-state index contributed by atoms with van der Waals surface area (Å²) < 4.78 is 41.8. The number of hydrogen-bond acceptors (Lipinski definition) is 4. The number of anilines is 1. The van der Waals surface area contributed by atoms with Crippen LogP contribution in [0.1, 0.15) is 73.3 Å². The van der Waals surface area contributed by atoms with Gasteiger partial charge in [0.2, 0.25) is 5.91 Å². The van der Waals surface area contributed by atoms with Gasteiger partial charge in [-0.25, -0.2) is 0 Å². The second-order valence-corrected chi connectivity index (χ2v) is 10.8. The van der Waals surface area contributed by atoms with Gasteiger partial charge in [-0.05, 0) is 74.1 Å². The van der Waals surface area contributed by atoms with Crippen LogP contribution in [0.2, 0.25) is 5.02 Å². The van der Waals surface area contributed by atoms with Crippen molar-refractivity contribution >= 4 is 35.1 Å². The van der Waals surface area contributed by atoms with E-state index in [-0.39, 0.29) is 54.3 Å². The molecule has 3 atom stereocenters. The van der Waals surface area contributed by atoms with Crippen molar-refractivity contribution in [3.8, 4) is 5.75 Å². The molecule has 2 aromatic rings. The summed E-state index contributed by atoms with van der Waals surface area (Å²) in [6.07, 6.45) is -0.237. The maximum absolute atomic E-state index is 13.9. The highest BCUT2D eigenvalue weighted by molar-refractivity contribution is 6.31. The predicted molar refractivity (Wildman–Crippen MR) is 137 cm³/mol. The van der Waals surface area contributed by atoms with Crippen LogP contribution in [0.4, 0.5) is 18.9 Å². The molecular weight excluding hydrogens is 537 g/mol. The number of benzene rings is 2. The Labute approximate surface area is 228 Å². The van der Waals surface area contributed by atoms with Crippen molar-refractivity contribution in [2.24, 2.45) is 5.92 Å². The fourth-order valence-electron chi connectivity index (χ4n) is 6.19. The van der Waals surface area contributed by atoms with Crippen molar-refractivity contribution in [3.05, 3.63) is 58.6 Å². The second kappa shape index (κ2) is 10.7. The minimum absolute atomic E-state index is 0.00417. The van der Waals surface area contributed by atoms with Crippen LogP contribution in [0.15, 0.2) is 42.5 Å². The SMILES string of the molecule is O=C(O)CCC(=O)N(C1CCC1)[C@H]1c2ccc(Cl)cc2N(C(=O)c2ccc(OC(F)(F)F)cc2)[C@@H]2CCC[C@@H]21. The number of fused-ring (bicyclic) bond motifs is 2. The molecule has 1 aliphatic heterocycles. The molecule has 2 amide bonds. The lowest BCUT2D eigenvalue weighted by Crippen LogP contribution is -2.55. The zero-order valence-corrected chi connectivity index (χ0v) is 21.8. The monoisotopic (exact) mass is 564 g/mol. The van der Waals surface area contributed by atoms with E-state index in [0.29, 0.717) is 17.1 Å². The predicted octanol–water partition coefficient (Wildman–Crippen LogP) is 6.35. The van der Waals surface area contributed by atoms with E-state index in [0.717, 1.165) is 49.8 Å². The van der Waals surface area contributed by atoms with E-state index in [4.69, 9.17) is 11.6 Å². The first-order chi connectivity index (χ1) is 18.5. The number of carboxylic acids is 1. The molecule has 39 heavy (non-hydrogen) atoms. The maximum Gasteiger partial charge on any atom is 0.573 e. The molecule has 2 aromatic carbocycles. The standard InChI is InChI=1S/C28H28ClF3N2O5/c29-17-9-12-21-23(15-17)34(27(38)16-7-10-19(11-8-16)39-28(30,31)32)22-6-2-5-20(22)26(21)33(18-3-1-4-18)24(35)13-14-25(36)37/h7-12,15,18,20,22,26H,1-6,13-14H2,(H,36,37)/t20-,22+,26+/m0/s1. The number of amides is 2. The summed E-state index contributed by atoms with van der Waals surface area (Å²) in [4.78, 5) is 42.1. The van der Waals surface area contributed by atoms with Crippen LogP contribution in [-0.2, 0) is 9.59 Å². The average Bonchev–Trinajstić information content (AvgIpc) is 3.31. The lowest BCUT2D eigenvalue weighted by Gasteiger charge is -2.51. The number of carboxylic acid groups (broad SMARTS) is 1. The van der Waals surface area contributed by atoms with E-state index in [1.54, 1.807) is 17.0 Å². The Bertz CT molecular complexity index is 1260. The fraction of sp³-hybridized carbons (Fsp3) is 0.464. The van der Waals surface area contributed by atoms with Gasteiger partial charge in [0.1, 0.15) is 5.75 Å². The summed E-state index contributed by atoms with van der Waals surface area (Å²) in [5.41, 5.74) is 1.53. The van der Waals surface area contributed by atoms with Gasteiger partial charge in [0.25, 0.3) is 5.91 Å². The molecule has 0 spiro atoms. The number of aliphatic carboxylic acids is 1. The number of carbonyl (C=O) groups is 3. The van der Waals surface area contributed by atoms with E-state index in [2.05, 4.69) is 4.74 Å². The van der Waals surface area contributed by atoms with Crippen LogP contribution < -0.4 is 9.64 Å². The molecule has 1 N–H and O–H groups in total. The zero-order valence-electron chi connectivity index (χ0n) is 21.0. The Morgan fingerprint density at radius 3 is 2.31 bits per heavy atom. The van der Waals surface area contributed by atoms with Crippen LogP contribution in [-0.4, -0.2) is 46.2 Å². The third-order valence-corrected chi connectivity index (χ3v) is 8.24. The first-order valence-electron chi connectivity index (χ1n) is 13.1. The molecule has 2 saturated carbocycles. The molecule has 0 radical (unpaired) electrons. The Morgan fingerprint density at radius 2 is 1.69 bits per heavy atom. The molecule has 0 unspecified atom stereocenters. The van der Waals surface area contributed by atoms with Gasteiger partial charge in [-0.1, -0.05) is 24.1 Å². The minimum Gasteiger partial charge on any atom is -0.481 e. The van der Waals surface area contributed by atoms with Crippen molar-refractivity contribution in [2.75, 3.05) is 4.90 Å². The van der Waals surface area contributed by atoms with Gasteiger partial charge in [-0.3, -0.25) is 14.4 Å². The lowest BCUT2D eigenvalue weighted by atomic mass is 9.78. The second-order valence-electron chi connectivity index (χ2n) is 10.3. The van der Waals surface area contributed by atoms with Gasteiger partial charge in [0.15, 0.2) is 0 Å². The number of rotatable bonds is 7. The molecule has 0 bridgehead atoms. The lowest BCUT2D eigenvalue weighted by molar-refractivity contribution is -0.274. The van der Waals surface area contributed by atoms with Crippen LogP contribution in [0.25, 0.3) is 0 Å². The van der Waals surface area contributed by atoms with E-state index < -0.39 is 18.1 Å². The summed E-state index contributed by atoms with van der Waals surface area (Å²) in [5, 5.41) is 9.59. The van der Waals surface area contributed by atoms with Gasteiger partial charge >= 0.3 is 12.3 Å². The van der Waals surface area contributed by atoms with Crippen molar-refractivity contribution in [1.82, 2.24) is 4.90 Å². The summed E-state index contributed by atoms with van der Waals surface area (Å²) in [6, 6.07) is 9.48. The van der Waals surface area contributed by atoms with E-state index >= 15 is 0 Å². The molecule has 0 saturated heterocycles. The van der Waals surface area contributed by atoms with Crippen LogP contribution in [0.5, 0.6) is 5.75 Å². The Hall–Kier alpha value is -3.27. The number of ether oxygens (including phenoxy) is 1. The van der Waals surface area contributed by atoms with E-state index in [1.165, 1.54) is 12.1 Å². The number of hydrogen-bond donors (Lipinski definition) is 1. The first kappa shape index (κ1) is 27.3. The summed E-state index contributed by atoms with van der Waals surface area (Å²) in [6.45, 7) is 0. The van der Waals surface area contributed by atoms with E-state index in [1.807, 2.05) is 11.0 Å². The van der Waals surface area contributed by atoms with Crippen LogP contribution in [0.3, 0.4) is 0 Å². The topological polar surface area (TPSA) is 87.2 Å². The smallest absolute Gasteiger partial charge is 0.481 e. The number of nitrogens with zero attached hydrogens (tertiary/aromatic N) is 2. The van der Waals surface area contributed by atoms with Gasteiger partial charge in [-0.15, -0.1) is 13.2 Å². The highest BCUT2D eigenvalue weighted by Gasteiger charge is 2.50. The maximum atomic E-state index is 13.9. The molecule has 2 aliphatic carbocycles. The molecule has 1 heterocycles. The fourth-order valence-corrected chi connectivity index (χ4v) is 6.36. The molecule has 2 fully saturated rings. The van der Waals surface area contributed by atoms with Crippen molar-refractivity contribution in [3.63, 3.8) is 0 Å². The third kappa shape index (κ3) is 5.57. The van der Waals surface area contributed by atoms with Gasteiger partial charge in [-0.2, -0.15) is 0 Å². The number of alkyl halides is 3. The largest absolute Gasteiger partial charge is 0.573 e. The summed E-state index contributed by atoms with van der Waals surface area (Å²) in [7, 11) is 0. The van der Waals surface area contributed by atoms with Crippen LogP contribution >= 0.6 is 11.6 Å². The minimum atomic E-state index is -4.84. The van der Waals surface area contributed by atoms with E-state index in [9.17, 15) is 32.7 Å². The van der Waals surface area contributed by atoms with Crippen molar-refractivity contribution in [2.45, 2.75) is 75.9 Å². The summed E-state index contributed by atoms with van der Waals surface area (Å²) in [5.74, 6) is -2.12. The molecular formula is C28H28ClF3N2O5. The highest BCUT2D eigenvalue weighted by atomic mass is 35.5. The molecule has 7 nitrogen and oxygen atoms in total. The molecule has 3 aliphatic rings. The Kier molecular flexibility index (Phi) is 7.50. The first-order valence-corrected chi connectivity index (χ1v) is 13.4. The highest BCUT2D eigenvalue weighted by Crippen LogP contribution is 2.53.